The van der Waals surface area contributed by atoms with Crippen molar-refractivity contribution >= 4 is 29.4 Å². The van der Waals surface area contributed by atoms with Crippen LogP contribution in [-0.4, -0.2) is 28.4 Å². The molecule has 1 aromatic carbocycles. The zero-order chi connectivity index (χ0) is 8.10. The van der Waals surface area contributed by atoms with Crippen LogP contribution in [0, 0.1) is 0 Å². The molecule has 0 atom stereocenters. The average molecular weight is 178 g/mol. The van der Waals surface area contributed by atoms with Gasteiger partial charge < -0.3 is 5.11 Å². The normalized spacial score (nSPS) is 9.33. The van der Waals surface area contributed by atoms with E-state index in [2.05, 4.69) is 0 Å². The average Bonchev–Trinajstić information content (AvgIpc) is 2.03. The number of aliphatic carboxylic acids is 1. The van der Waals surface area contributed by atoms with Gasteiger partial charge in [-0.1, -0.05) is 30.3 Å². The van der Waals surface area contributed by atoms with E-state index in [9.17, 15) is 4.79 Å². The first-order valence-corrected chi connectivity index (χ1v) is 3.25. The Bertz CT molecular complexity index is 267. The molecule has 2 nitrogen and oxygen atoms in total. The van der Waals surface area contributed by atoms with Gasteiger partial charge in [-0.15, -0.1) is 0 Å². The molecule has 0 fully saturated rings. The molecular weight excluding hydrogens is 167 g/mol. The van der Waals surface area contributed by atoms with E-state index in [1.54, 1.807) is 6.08 Å². The third kappa shape index (κ3) is 3.97. The molecule has 0 unspecified atom stereocenters. The number of benzene rings is 1. The summed E-state index contributed by atoms with van der Waals surface area (Å²) >= 11 is 0. The van der Waals surface area contributed by atoms with Gasteiger partial charge in [0, 0.05) is 6.08 Å². The molecule has 0 bridgehead atoms. The molecule has 1 rings (SSSR count). The van der Waals surface area contributed by atoms with Crippen molar-refractivity contribution in [2.45, 2.75) is 0 Å². The lowest BCUT2D eigenvalue weighted by molar-refractivity contribution is -0.131. The van der Waals surface area contributed by atoms with Gasteiger partial charge in [0.2, 0.25) is 0 Å². The maximum atomic E-state index is 10.1. The standard InChI is InChI=1S/C9H8O2.Al.3H/c10-9(11)7-6-8-4-2-1-3-5-8;;;;/h1-7H,(H,10,11);;;;/b7-6+;;;;. The molecule has 0 saturated heterocycles. The van der Waals surface area contributed by atoms with E-state index >= 15 is 0 Å². The van der Waals surface area contributed by atoms with Crippen LogP contribution < -0.4 is 0 Å². The lowest BCUT2D eigenvalue weighted by atomic mass is 10.2. The molecule has 0 radical (unpaired) electrons. The SMILES string of the molecule is O=C(O)/C=C/c1ccccc1.[AlH3]. The Morgan fingerprint density at radius 2 is 1.83 bits per heavy atom. The number of hydrogen-bond acceptors (Lipinski definition) is 1. The topological polar surface area (TPSA) is 37.3 Å². The largest absolute Gasteiger partial charge is 0.478 e. The molecule has 0 saturated carbocycles. The van der Waals surface area contributed by atoms with Crippen LogP contribution in [0.15, 0.2) is 36.4 Å². The minimum absolute atomic E-state index is 0. The second kappa shape index (κ2) is 5.59. The van der Waals surface area contributed by atoms with E-state index in [0.717, 1.165) is 11.6 Å². The highest BCUT2D eigenvalue weighted by atomic mass is 27.0. The van der Waals surface area contributed by atoms with E-state index in [0.29, 0.717) is 0 Å². The van der Waals surface area contributed by atoms with Crippen LogP contribution in [0.1, 0.15) is 5.56 Å². The maximum absolute atomic E-state index is 10.1. The van der Waals surface area contributed by atoms with Gasteiger partial charge in [0.1, 0.15) is 0 Å². The summed E-state index contributed by atoms with van der Waals surface area (Å²) < 4.78 is 0. The van der Waals surface area contributed by atoms with Gasteiger partial charge in [-0.05, 0) is 11.6 Å². The predicted octanol–water partition coefficient (Wildman–Crippen LogP) is 0.600. The van der Waals surface area contributed by atoms with E-state index in [1.807, 2.05) is 30.3 Å². The quantitative estimate of drug-likeness (QED) is 0.532. The van der Waals surface area contributed by atoms with Crippen LogP contribution >= 0.6 is 0 Å². The minimum atomic E-state index is -0.922. The van der Waals surface area contributed by atoms with Crippen LogP contribution in [0.4, 0.5) is 0 Å². The fraction of sp³-hybridized carbons (Fsp3) is 0. The molecule has 0 aromatic heterocycles. The van der Waals surface area contributed by atoms with Crippen molar-refractivity contribution in [2.24, 2.45) is 0 Å². The van der Waals surface area contributed by atoms with Crippen LogP contribution in [-0.2, 0) is 4.79 Å². The van der Waals surface area contributed by atoms with Crippen molar-refractivity contribution in [1.29, 1.82) is 0 Å². The van der Waals surface area contributed by atoms with E-state index < -0.39 is 5.97 Å². The molecule has 0 heterocycles. The fourth-order valence-corrected chi connectivity index (χ4v) is 0.732. The summed E-state index contributed by atoms with van der Waals surface area (Å²) in [5, 5.41) is 8.29. The molecule has 1 N–H and O–H groups in total. The van der Waals surface area contributed by atoms with Crippen molar-refractivity contribution in [3.05, 3.63) is 42.0 Å². The van der Waals surface area contributed by atoms with E-state index in [4.69, 9.17) is 5.11 Å². The second-order valence-electron chi connectivity index (χ2n) is 2.08. The zero-order valence-electron chi connectivity index (χ0n) is 5.90. The third-order valence-corrected chi connectivity index (χ3v) is 1.22. The minimum Gasteiger partial charge on any atom is -0.478 e. The molecule has 62 valence electrons. The maximum Gasteiger partial charge on any atom is 0.328 e. The van der Waals surface area contributed by atoms with Crippen LogP contribution in [0.5, 0.6) is 0 Å². The van der Waals surface area contributed by atoms with Gasteiger partial charge in [-0.2, -0.15) is 0 Å². The summed E-state index contributed by atoms with van der Waals surface area (Å²) in [6, 6.07) is 9.31. The zero-order valence-corrected chi connectivity index (χ0v) is 5.90. The molecule has 0 aliphatic heterocycles. The Kier molecular flexibility index (Phi) is 5.11. The molecule has 12 heavy (non-hydrogen) atoms. The number of carbonyl (C=O) groups is 1. The summed E-state index contributed by atoms with van der Waals surface area (Å²) in [5.41, 5.74) is 0.898. The highest BCUT2D eigenvalue weighted by molar-refractivity contribution is 5.85. The van der Waals surface area contributed by atoms with E-state index in [1.165, 1.54) is 0 Å². The molecule has 0 aliphatic carbocycles. The van der Waals surface area contributed by atoms with Gasteiger partial charge >= 0.3 is 5.97 Å². The first kappa shape index (κ1) is 11.0. The first-order chi connectivity index (χ1) is 5.29. The Hall–Kier alpha value is -1.04. The Morgan fingerprint density at radius 3 is 2.33 bits per heavy atom. The highest BCUT2D eigenvalue weighted by Gasteiger charge is 1.85. The molecule has 0 spiro atoms. The summed E-state index contributed by atoms with van der Waals surface area (Å²) in [6.07, 6.45) is 2.68. The number of carboxylic acid groups (broad SMARTS) is 1. The van der Waals surface area contributed by atoms with Gasteiger partial charge in [0.15, 0.2) is 17.4 Å². The Balaban J connectivity index is 0.00000121. The van der Waals surface area contributed by atoms with Gasteiger partial charge in [0.25, 0.3) is 0 Å². The van der Waals surface area contributed by atoms with E-state index in [-0.39, 0.29) is 17.4 Å². The lowest BCUT2D eigenvalue weighted by Crippen LogP contribution is -1.85. The highest BCUT2D eigenvalue weighted by Crippen LogP contribution is 1.99. The number of rotatable bonds is 2. The predicted molar refractivity (Wildman–Crippen MR) is 53.1 cm³/mol. The summed E-state index contributed by atoms with van der Waals surface area (Å²) in [7, 11) is 0. The van der Waals surface area contributed by atoms with Crippen LogP contribution in [0.3, 0.4) is 0 Å². The molecule has 3 heteroatoms. The van der Waals surface area contributed by atoms with Crippen molar-refractivity contribution in [2.75, 3.05) is 0 Å². The molecular formula is C9H11AlO2. The van der Waals surface area contributed by atoms with Crippen molar-refractivity contribution in [1.82, 2.24) is 0 Å². The van der Waals surface area contributed by atoms with Crippen molar-refractivity contribution in [3.63, 3.8) is 0 Å². The van der Waals surface area contributed by atoms with Crippen molar-refractivity contribution < 1.29 is 9.90 Å². The first-order valence-electron chi connectivity index (χ1n) is 3.25. The lowest BCUT2D eigenvalue weighted by Gasteiger charge is -1.87. The van der Waals surface area contributed by atoms with Gasteiger partial charge in [-0.3, -0.25) is 0 Å². The molecule has 1 aromatic rings. The Labute approximate surface area is 81.7 Å². The number of hydrogen-bond donors (Lipinski definition) is 1. The smallest absolute Gasteiger partial charge is 0.328 e. The fourth-order valence-electron chi connectivity index (χ4n) is 0.732. The summed E-state index contributed by atoms with van der Waals surface area (Å²) in [5.74, 6) is -0.922. The monoisotopic (exact) mass is 178 g/mol. The molecule has 0 aliphatic rings. The van der Waals surface area contributed by atoms with Crippen molar-refractivity contribution in [3.8, 4) is 0 Å². The Morgan fingerprint density at radius 1 is 1.25 bits per heavy atom. The summed E-state index contributed by atoms with van der Waals surface area (Å²) in [6.45, 7) is 0. The van der Waals surface area contributed by atoms with Crippen LogP contribution in [0.25, 0.3) is 6.08 Å². The molecule has 0 amide bonds. The van der Waals surface area contributed by atoms with Crippen LogP contribution in [0.2, 0.25) is 0 Å². The summed E-state index contributed by atoms with van der Waals surface area (Å²) in [4.78, 5) is 10.1. The van der Waals surface area contributed by atoms with Gasteiger partial charge in [-0.25, -0.2) is 4.79 Å². The second-order valence-corrected chi connectivity index (χ2v) is 2.08. The third-order valence-electron chi connectivity index (χ3n) is 1.22. The number of carboxylic acids is 1. The van der Waals surface area contributed by atoms with Gasteiger partial charge in [0.05, 0.1) is 0 Å².